The number of hydrogen-bond acceptors (Lipinski definition) is 7. The number of hydroxylamine groups is 2. The van der Waals surface area contributed by atoms with Crippen LogP contribution in [0.3, 0.4) is 0 Å². The van der Waals surface area contributed by atoms with Crippen LogP contribution < -0.4 is 10.6 Å². The molecule has 0 aromatic heterocycles. The summed E-state index contributed by atoms with van der Waals surface area (Å²) in [6, 6.07) is 14.9. The minimum Gasteiger partial charge on any atom is -0.394 e. The molecule has 0 unspecified atom stereocenters. The van der Waals surface area contributed by atoms with Crippen LogP contribution in [0.2, 0.25) is 0 Å². The lowest BCUT2D eigenvalue weighted by Gasteiger charge is -2.62. The average Bonchev–Trinajstić information content (AvgIpc) is 3.42. The highest BCUT2D eigenvalue weighted by atomic mass is 16.7. The Hall–Kier alpha value is -2.82. The average molecular weight is 635 g/mol. The summed E-state index contributed by atoms with van der Waals surface area (Å²) in [7, 11) is 0. The lowest BCUT2D eigenvalue weighted by atomic mass is 9.45. The molecule has 0 radical (unpaired) electrons. The fourth-order valence-electron chi connectivity index (χ4n) is 8.32. The van der Waals surface area contributed by atoms with E-state index in [1.165, 1.54) is 6.42 Å². The molecule has 4 aliphatic rings. The summed E-state index contributed by atoms with van der Waals surface area (Å²) >= 11 is 0. The van der Waals surface area contributed by atoms with Crippen LogP contribution in [0.25, 0.3) is 11.1 Å². The van der Waals surface area contributed by atoms with Gasteiger partial charge in [-0.15, -0.1) is 0 Å². The van der Waals surface area contributed by atoms with Crippen molar-refractivity contribution in [3.8, 4) is 11.1 Å². The van der Waals surface area contributed by atoms with E-state index in [0.717, 1.165) is 42.7 Å². The number of carbonyl (C=O) groups excluding carboxylic acids is 2. The topological polar surface area (TPSA) is 114 Å². The Labute approximate surface area is 274 Å². The van der Waals surface area contributed by atoms with Crippen molar-refractivity contribution in [2.45, 2.75) is 85.2 Å². The number of aliphatic hydroxyl groups excluding tert-OH is 2. The molecule has 4 fully saturated rings. The van der Waals surface area contributed by atoms with Crippen LogP contribution in [0.4, 0.5) is 0 Å². The van der Waals surface area contributed by atoms with E-state index in [0.29, 0.717) is 41.8 Å². The molecule has 6 rings (SSSR count). The molecule has 46 heavy (non-hydrogen) atoms. The molecule has 1 aliphatic heterocycles. The Morgan fingerprint density at radius 3 is 2.41 bits per heavy atom. The van der Waals surface area contributed by atoms with Crippen molar-refractivity contribution in [2.24, 2.45) is 29.1 Å². The largest absolute Gasteiger partial charge is 0.394 e. The number of aliphatic hydroxyl groups is 2. The number of benzene rings is 2. The molecule has 8 atom stereocenters. The molecule has 9 nitrogen and oxygen atoms in total. The van der Waals surface area contributed by atoms with Crippen molar-refractivity contribution in [1.82, 2.24) is 20.6 Å². The van der Waals surface area contributed by atoms with Crippen LogP contribution in [0.15, 0.2) is 48.5 Å². The number of nitrogens with zero attached hydrogens (tertiary/aromatic N) is 2. The highest BCUT2D eigenvalue weighted by molar-refractivity contribution is 5.95. The summed E-state index contributed by atoms with van der Waals surface area (Å²) < 4.78 is 0. The third kappa shape index (κ3) is 7.04. The minimum atomic E-state index is -0.846. The molecule has 3 saturated carbocycles. The van der Waals surface area contributed by atoms with Crippen molar-refractivity contribution in [3.05, 3.63) is 59.7 Å². The van der Waals surface area contributed by atoms with Crippen molar-refractivity contribution in [3.63, 3.8) is 0 Å². The Bertz CT molecular complexity index is 1360. The van der Waals surface area contributed by atoms with Crippen molar-refractivity contribution in [2.75, 3.05) is 32.8 Å². The Morgan fingerprint density at radius 2 is 1.78 bits per heavy atom. The number of fused-ring (bicyclic) bond motifs is 2. The van der Waals surface area contributed by atoms with Crippen LogP contribution in [-0.2, 0) is 16.2 Å². The van der Waals surface area contributed by atoms with Gasteiger partial charge < -0.3 is 25.7 Å². The van der Waals surface area contributed by atoms with Crippen LogP contribution >= 0.6 is 0 Å². The van der Waals surface area contributed by atoms with Gasteiger partial charge in [0.2, 0.25) is 5.91 Å². The van der Waals surface area contributed by atoms with Gasteiger partial charge in [0.05, 0.1) is 19.3 Å². The summed E-state index contributed by atoms with van der Waals surface area (Å²) in [5.41, 5.74) is 3.69. The molecule has 4 N–H and O–H groups in total. The van der Waals surface area contributed by atoms with E-state index < -0.39 is 24.2 Å². The fraction of sp³-hybridized carbons (Fsp3) is 0.622. The van der Waals surface area contributed by atoms with E-state index in [-0.39, 0.29) is 24.5 Å². The lowest BCUT2D eigenvalue weighted by Crippen LogP contribution is -2.62. The van der Waals surface area contributed by atoms with E-state index >= 15 is 0 Å². The standard InChI is InChI=1S/C37H54N4O5/c1-7-40(8-2)16-15-38-35(44)28-14-10-13-27(18-28)26-12-9-11-25(17-26)21-41-34(33(24(4)43)32(22-42)46-41)36(45)39-31-20-29-19-30(23(31)3)37(29,5)6/h9-14,17-18,23-24,29-34,42-43H,7-8,15-16,19-22H2,1-6H3,(H,38,44)(H,39,45)/t23-,24-,29-,30+,31-,32-,33+,34-/m0/s1. The Morgan fingerprint density at radius 1 is 1.09 bits per heavy atom. The first-order chi connectivity index (χ1) is 22.0. The molecule has 1 saturated heterocycles. The number of likely N-dealkylation sites (N-methyl/N-ethyl adjacent to an activating group) is 1. The van der Waals surface area contributed by atoms with E-state index in [1.807, 2.05) is 48.5 Å². The van der Waals surface area contributed by atoms with Gasteiger partial charge in [0, 0.05) is 30.6 Å². The number of nitrogens with one attached hydrogen (secondary N) is 2. The molecule has 1 heterocycles. The van der Waals surface area contributed by atoms with E-state index in [4.69, 9.17) is 4.84 Å². The molecular formula is C37H54N4O5. The quantitative estimate of drug-likeness (QED) is 0.263. The van der Waals surface area contributed by atoms with Gasteiger partial charge >= 0.3 is 0 Å². The molecule has 2 aromatic rings. The second-order valence-electron chi connectivity index (χ2n) is 14.3. The van der Waals surface area contributed by atoms with E-state index in [1.54, 1.807) is 12.0 Å². The van der Waals surface area contributed by atoms with Crippen molar-refractivity contribution in [1.29, 1.82) is 0 Å². The smallest absolute Gasteiger partial charge is 0.251 e. The van der Waals surface area contributed by atoms with Crippen LogP contribution in [0, 0.1) is 29.1 Å². The predicted molar refractivity (Wildman–Crippen MR) is 180 cm³/mol. The SMILES string of the molecule is CCN(CC)CCNC(=O)c1cccc(-c2cccc(CN3O[C@@H](CO)[C@@H]([C@H](C)O)[C@H]3C(=O)N[C@H]3C[C@@H]4C[C@H]([C@@H]3C)C4(C)C)c2)c1. The molecule has 3 aliphatic carbocycles. The Balaban J connectivity index is 1.30. The zero-order chi connectivity index (χ0) is 33.2. The highest BCUT2D eigenvalue weighted by Crippen LogP contribution is 2.61. The van der Waals surface area contributed by atoms with Crippen molar-refractivity contribution < 1.29 is 24.6 Å². The van der Waals surface area contributed by atoms with Crippen LogP contribution in [-0.4, -0.2) is 89.1 Å². The van der Waals surface area contributed by atoms with Gasteiger partial charge in [0.1, 0.15) is 12.1 Å². The normalized spacial score (nSPS) is 29.3. The first-order valence-electron chi connectivity index (χ1n) is 17.2. The minimum absolute atomic E-state index is 0.0824. The molecule has 2 amide bonds. The molecule has 9 heteroatoms. The monoisotopic (exact) mass is 634 g/mol. The maximum absolute atomic E-state index is 14.0. The van der Waals surface area contributed by atoms with Crippen LogP contribution in [0.1, 0.15) is 70.3 Å². The summed E-state index contributed by atoms with van der Waals surface area (Å²) in [6.45, 7) is 16.1. The zero-order valence-electron chi connectivity index (χ0n) is 28.4. The number of carbonyl (C=O) groups is 2. The summed E-state index contributed by atoms with van der Waals surface area (Å²) in [4.78, 5) is 35.3. The number of amides is 2. The Kier molecular flexibility index (Phi) is 10.9. The van der Waals surface area contributed by atoms with Gasteiger partial charge in [-0.2, -0.15) is 5.06 Å². The predicted octanol–water partition coefficient (Wildman–Crippen LogP) is 4.09. The van der Waals surface area contributed by atoms with E-state index in [2.05, 4.69) is 50.2 Å². The fourth-order valence-corrected chi connectivity index (χ4v) is 8.32. The first-order valence-corrected chi connectivity index (χ1v) is 17.2. The lowest BCUT2D eigenvalue weighted by molar-refractivity contribution is -0.183. The second-order valence-corrected chi connectivity index (χ2v) is 14.3. The molecule has 0 spiro atoms. The maximum atomic E-state index is 14.0. The molecule has 2 aromatic carbocycles. The maximum Gasteiger partial charge on any atom is 0.251 e. The summed E-state index contributed by atoms with van der Waals surface area (Å²) in [5, 5.41) is 29.0. The molecule has 252 valence electrons. The molecule has 2 bridgehead atoms. The van der Waals surface area contributed by atoms with Gasteiger partial charge in [-0.3, -0.25) is 14.4 Å². The van der Waals surface area contributed by atoms with Gasteiger partial charge in [-0.1, -0.05) is 65.0 Å². The zero-order valence-corrected chi connectivity index (χ0v) is 28.4. The molecular weight excluding hydrogens is 580 g/mol. The van der Waals surface area contributed by atoms with Crippen molar-refractivity contribution >= 4 is 11.8 Å². The van der Waals surface area contributed by atoms with Gasteiger partial charge in [0.25, 0.3) is 5.91 Å². The number of rotatable bonds is 13. The van der Waals surface area contributed by atoms with Gasteiger partial charge in [0.15, 0.2) is 0 Å². The third-order valence-corrected chi connectivity index (χ3v) is 11.4. The second kappa shape index (κ2) is 14.5. The highest BCUT2D eigenvalue weighted by Gasteiger charge is 2.57. The number of hydrogen-bond donors (Lipinski definition) is 4. The van der Waals surface area contributed by atoms with Gasteiger partial charge in [-0.25, -0.2) is 0 Å². The van der Waals surface area contributed by atoms with E-state index in [9.17, 15) is 19.8 Å². The van der Waals surface area contributed by atoms with Crippen LogP contribution in [0.5, 0.6) is 0 Å². The van der Waals surface area contributed by atoms with Gasteiger partial charge in [-0.05, 0) is 90.9 Å². The first kappa shape index (κ1) is 34.5. The summed E-state index contributed by atoms with van der Waals surface area (Å²) in [6.07, 6.45) is 0.651. The summed E-state index contributed by atoms with van der Waals surface area (Å²) in [5.74, 6) is 0.730. The third-order valence-electron chi connectivity index (χ3n) is 11.4.